The molecule has 0 spiro atoms. The third kappa shape index (κ3) is 3.28. The molecule has 0 amide bonds. The molecule has 2 heterocycles. The highest BCUT2D eigenvalue weighted by atomic mass is 79.9. The first-order chi connectivity index (χ1) is 9.15. The van der Waals surface area contributed by atoms with E-state index in [1.54, 1.807) is 0 Å². The van der Waals surface area contributed by atoms with E-state index in [0.717, 1.165) is 36.3 Å². The molecule has 104 valence electrons. The lowest BCUT2D eigenvalue weighted by Crippen LogP contribution is -2.11. The molecule has 0 aromatic carbocycles. The van der Waals surface area contributed by atoms with Crippen molar-refractivity contribution in [3.63, 3.8) is 0 Å². The van der Waals surface area contributed by atoms with E-state index >= 15 is 0 Å². The molecule has 2 aromatic heterocycles. The third-order valence-electron chi connectivity index (χ3n) is 3.18. The predicted octanol–water partition coefficient (Wildman–Crippen LogP) is 2.93. The van der Waals surface area contributed by atoms with Crippen LogP contribution in [0.2, 0.25) is 0 Å². The highest BCUT2D eigenvalue weighted by molar-refractivity contribution is 9.10. The third-order valence-corrected chi connectivity index (χ3v) is 4.21. The summed E-state index contributed by atoms with van der Waals surface area (Å²) in [6, 6.07) is 2.16. The fraction of sp³-hybridized carbons (Fsp3) is 0.500. The molecule has 4 nitrogen and oxygen atoms in total. The second-order valence-corrected chi connectivity index (χ2v) is 5.43. The van der Waals surface area contributed by atoms with E-state index in [1.165, 1.54) is 11.3 Å². The average Bonchev–Trinajstić information content (AvgIpc) is 2.96. The van der Waals surface area contributed by atoms with E-state index in [9.17, 15) is 0 Å². The zero-order valence-corrected chi connectivity index (χ0v) is 13.4. The maximum absolute atomic E-state index is 4.53. The van der Waals surface area contributed by atoms with Crippen molar-refractivity contribution in [1.82, 2.24) is 19.7 Å². The number of halogens is 1. The van der Waals surface area contributed by atoms with Gasteiger partial charge in [0.2, 0.25) is 0 Å². The van der Waals surface area contributed by atoms with Crippen LogP contribution in [0.15, 0.2) is 22.9 Å². The van der Waals surface area contributed by atoms with Gasteiger partial charge in [-0.2, -0.15) is 5.10 Å². The standard InChI is InChI=1S/C14H21BrN4/c1-4-16-8-12-6-7-18(9-12)10-13-14(15)11(3)17-19(13)5-2/h6-7,9,16H,4-5,8,10H2,1-3H3. The van der Waals surface area contributed by atoms with Gasteiger partial charge in [0.05, 0.1) is 22.4 Å². The van der Waals surface area contributed by atoms with Crippen molar-refractivity contribution < 1.29 is 0 Å². The van der Waals surface area contributed by atoms with Gasteiger partial charge in [0, 0.05) is 25.5 Å². The molecule has 0 atom stereocenters. The summed E-state index contributed by atoms with van der Waals surface area (Å²) in [5.41, 5.74) is 3.60. The lowest BCUT2D eigenvalue weighted by molar-refractivity contribution is 0.596. The van der Waals surface area contributed by atoms with Crippen LogP contribution >= 0.6 is 15.9 Å². The fourth-order valence-corrected chi connectivity index (χ4v) is 2.57. The Hall–Kier alpha value is -1.07. The van der Waals surface area contributed by atoms with Gasteiger partial charge in [0.15, 0.2) is 0 Å². The van der Waals surface area contributed by atoms with Crippen LogP contribution < -0.4 is 5.32 Å². The summed E-state index contributed by atoms with van der Waals surface area (Å²) in [5.74, 6) is 0. The van der Waals surface area contributed by atoms with Crippen molar-refractivity contribution >= 4 is 15.9 Å². The molecule has 0 aliphatic rings. The van der Waals surface area contributed by atoms with Crippen molar-refractivity contribution in [2.75, 3.05) is 6.54 Å². The normalized spacial score (nSPS) is 11.2. The monoisotopic (exact) mass is 324 g/mol. The van der Waals surface area contributed by atoms with Gasteiger partial charge in [-0.25, -0.2) is 0 Å². The molecule has 1 N–H and O–H groups in total. The molecule has 0 fully saturated rings. The summed E-state index contributed by atoms with van der Waals surface area (Å²) in [6.07, 6.45) is 4.32. The van der Waals surface area contributed by atoms with Crippen LogP contribution in [-0.2, 0) is 19.6 Å². The first-order valence-electron chi connectivity index (χ1n) is 6.72. The Kier molecular flexibility index (Phi) is 4.82. The van der Waals surface area contributed by atoms with Gasteiger partial charge >= 0.3 is 0 Å². The minimum absolute atomic E-state index is 0.849. The molecule has 5 heteroatoms. The van der Waals surface area contributed by atoms with Crippen molar-refractivity contribution in [2.45, 2.75) is 40.4 Å². The Bertz CT molecular complexity index is 542. The van der Waals surface area contributed by atoms with Crippen LogP contribution in [0.1, 0.15) is 30.8 Å². The molecular weight excluding hydrogens is 304 g/mol. The van der Waals surface area contributed by atoms with Crippen molar-refractivity contribution in [3.8, 4) is 0 Å². The molecule has 0 bridgehead atoms. The number of hydrogen-bond acceptors (Lipinski definition) is 2. The molecule has 0 saturated carbocycles. The molecule has 0 aliphatic carbocycles. The van der Waals surface area contributed by atoms with Crippen LogP contribution in [0, 0.1) is 6.92 Å². The number of aromatic nitrogens is 3. The van der Waals surface area contributed by atoms with Gasteiger partial charge in [-0.1, -0.05) is 6.92 Å². The summed E-state index contributed by atoms with van der Waals surface area (Å²) in [7, 11) is 0. The second kappa shape index (κ2) is 6.39. The fourth-order valence-electron chi connectivity index (χ4n) is 2.16. The van der Waals surface area contributed by atoms with Crippen LogP contribution in [0.4, 0.5) is 0 Å². The Morgan fingerprint density at radius 2 is 2.16 bits per heavy atom. The molecular formula is C14H21BrN4. The predicted molar refractivity (Wildman–Crippen MR) is 81.3 cm³/mol. The lowest BCUT2D eigenvalue weighted by Gasteiger charge is -2.07. The number of rotatable bonds is 6. The molecule has 0 saturated heterocycles. The Morgan fingerprint density at radius 1 is 1.37 bits per heavy atom. The first kappa shape index (κ1) is 14.3. The summed E-state index contributed by atoms with van der Waals surface area (Å²) in [6.45, 7) is 9.95. The Balaban J connectivity index is 2.14. The summed E-state index contributed by atoms with van der Waals surface area (Å²) >= 11 is 3.64. The molecule has 2 rings (SSSR count). The molecule has 0 unspecified atom stereocenters. The van der Waals surface area contributed by atoms with E-state index in [1.807, 2.05) is 6.92 Å². The zero-order valence-electron chi connectivity index (χ0n) is 11.8. The number of nitrogens with one attached hydrogen (secondary N) is 1. The van der Waals surface area contributed by atoms with Gasteiger partial charge < -0.3 is 9.88 Å². The summed E-state index contributed by atoms with van der Waals surface area (Å²) in [5, 5.41) is 7.86. The molecule has 2 aromatic rings. The Morgan fingerprint density at radius 3 is 2.84 bits per heavy atom. The SMILES string of the molecule is CCNCc1ccn(Cc2c(Br)c(C)nn2CC)c1. The number of aryl methyl sites for hydroxylation is 2. The quantitative estimate of drug-likeness (QED) is 0.886. The minimum Gasteiger partial charge on any atom is -0.348 e. The van der Waals surface area contributed by atoms with Gasteiger partial charge in [-0.15, -0.1) is 0 Å². The van der Waals surface area contributed by atoms with Crippen LogP contribution in [-0.4, -0.2) is 20.9 Å². The lowest BCUT2D eigenvalue weighted by atomic mass is 10.3. The minimum atomic E-state index is 0.849. The van der Waals surface area contributed by atoms with Crippen molar-refractivity contribution in [3.05, 3.63) is 39.9 Å². The summed E-state index contributed by atoms with van der Waals surface area (Å²) in [4.78, 5) is 0. The zero-order chi connectivity index (χ0) is 13.8. The van der Waals surface area contributed by atoms with E-state index in [-0.39, 0.29) is 0 Å². The smallest absolute Gasteiger partial charge is 0.0739 e. The van der Waals surface area contributed by atoms with Crippen LogP contribution in [0.5, 0.6) is 0 Å². The van der Waals surface area contributed by atoms with Gasteiger partial charge in [0.1, 0.15) is 0 Å². The molecule has 0 aliphatic heterocycles. The maximum atomic E-state index is 4.53. The Labute approximate surface area is 122 Å². The largest absolute Gasteiger partial charge is 0.348 e. The summed E-state index contributed by atoms with van der Waals surface area (Å²) < 4.78 is 5.39. The average molecular weight is 325 g/mol. The van der Waals surface area contributed by atoms with E-state index in [4.69, 9.17) is 0 Å². The van der Waals surface area contributed by atoms with Crippen molar-refractivity contribution in [2.24, 2.45) is 0 Å². The number of hydrogen-bond donors (Lipinski definition) is 1. The van der Waals surface area contributed by atoms with Crippen molar-refractivity contribution in [1.29, 1.82) is 0 Å². The maximum Gasteiger partial charge on any atom is 0.0739 e. The van der Waals surface area contributed by atoms with Gasteiger partial charge in [0.25, 0.3) is 0 Å². The number of nitrogens with zero attached hydrogens (tertiary/aromatic N) is 3. The highest BCUT2D eigenvalue weighted by Gasteiger charge is 2.12. The van der Waals surface area contributed by atoms with E-state index in [2.05, 4.69) is 67.9 Å². The first-order valence-corrected chi connectivity index (χ1v) is 7.52. The van der Waals surface area contributed by atoms with Crippen LogP contribution in [0.3, 0.4) is 0 Å². The van der Waals surface area contributed by atoms with Crippen LogP contribution in [0.25, 0.3) is 0 Å². The molecule has 19 heavy (non-hydrogen) atoms. The second-order valence-electron chi connectivity index (χ2n) is 4.63. The van der Waals surface area contributed by atoms with E-state index < -0.39 is 0 Å². The van der Waals surface area contributed by atoms with E-state index in [0.29, 0.717) is 0 Å². The topological polar surface area (TPSA) is 34.8 Å². The highest BCUT2D eigenvalue weighted by Crippen LogP contribution is 2.22. The van der Waals surface area contributed by atoms with Gasteiger partial charge in [-0.3, -0.25) is 4.68 Å². The molecule has 0 radical (unpaired) electrons. The van der Waals surface area contributed by atoms with Gasteiger partial charge in [-0.05, 0) is 48.0 Å².